The van der Waals surface area contributed by atoms with Crippen LogP contribution in [0.5, 0.6) is 5.75 Å². The number of ether oxygens (including phenoxy) is 1. The van der Waals surface area contributed by atoms with Crippen LogP contribution < -0.4 is 10.1 Å². The quantitative estimate of drug-likeness (QED) is 0.824. The molecule has 0 saturated heterocycles. The second-order valence-electron chi connectivity index (χ2n) is 5.31. The van der Waals surface area contributed by atoms with Gasteiger partial charge in [0.15, 0.2) is 0 Å². The van der Waals surface area contributed by atoms with Gasteiger partial charge < -0.3 is 15.2 Å². The molecule has 0 radical (unpaired) electrons. The van der Waals surface area contributed by atoms with Gasteiger partial charge in [0.05, 0.1) is 19.6 Å². The third-order valence-electron chi connectivity index (χ3n) is 3.61. The number of rotatable bonds is 7. The van der Waals surface area contributed by atoms with E-state index in [1.54, 1.807) is 18.2 Å². The summed E-state index contributed by atoms with van der Waals surface area (Å²) in [5, 5.41) is 12.3. The van der Waals surface area contributed by atoms with E-state index >= 15 is 0 Å². The van der Waals surface area contributed by atoms with Crippen LogP contribution in [-0.4, -0.2) is 17.6 Å². The molecule has 0 aliphatic carbocycles. The highest BCUT2D eigenvalue weighted by Crippen LogP contribution is 2.23. The van der Waals surface area contributed by atoms with Crippen molar-refractivity contribution < 1.29 is 14.6 Å². The average molecular weight is 313 g/mol. The van der Waals surface area contributed by atoms with Crippen LogP contribution >= 0.6 is 0 Å². The lowest BCUT2D eigenvalue weighted by atomic mass is 10.1. The molecule has 0 saturated carbocycles. The van der Waals surface area contributed by atoms with Crippen LogP contribution in [0.4, 0.5) is 5.69 Å². The lowest BCUT2D eigenvalue weighted by molar-refractivity contribution is -0.115. The summed E-state index contributed by atoms with van der Waals surface area (Å²) in [7, 11) is 0. The van der Waals surface area contributed by atoms with Crippen LogP contribution in [0.2, 0.25) is 0 Å². The number of nitrogens with one attached hydrogen (secondary N) is 1. The molecule has 4 nitrogen and oxygen atoms in total. The van der Waals surface area contributed by atoms with Crippen molar-refractivity contribution in [3.05, 3.63) is 59.2 Å². The van der Waals surface area contributed by atoms with E-state index in [1.165, 1.54) is 5.56 Å². The fraction of sp³-hybridized carbons (Fsp3) is 0.316. The van der Waals surface area contributed by atoms with Gasteiger partial charge in [-0.2, -0.15) is 0 Å². The summed E-state index contributed by atoms with van der Waals surface area (Å²) in [4.78, 5) is 12.1. The van der Waals surface area contributed by atoms with Crippen molar-refractivity contribution in [1.29, 1.82) is 0 Å². The summed E-state index contributed by atoms with van der Waals surface area (Å²) >= 11 is 0. The highest BCUT2D eigenvalue weighted by molar-refractivity contribution is 5.92. The van der Waals surface area contributed by atoms with Crippen LogP contribution in [0.3, 0.4) is 0 Å². The molecule has 0 bridgehead atoms. The van der Waals surface area contributed by atoms with Crippen LogP contribution in [0.15, 0.2) is 42.5 Å². The van der Waals surface area contributed by atoms with Crippen molar-refractivity contribution in [1.82, 2.24) is 0 Å². The van der Waals surface area contributed by atoms with Crippen molar-refractivity contribution in [3.8, 4) is 5.75 Å². The number of carbonyl (C=O) groups is 1. The largest absolute Gasteiger partial charge is 0.494 e. The third-order valence-corrected chi connectivity index (χ3v) is 3.61. The van der Waals surface area contributed by atoms with Gasteiger partial charge in [-0.05, 0) is 42.7 Å². The number of aliphatic hydroxyl groups is 1. The molecule has 0 atom stereocenters. The molecule has 122 valence electrons. The van der Waals surface area contributed by atoms with E-state index in [0.29, 0.717) is 30.0 Å². The number of amides is 1. The second kappa shape index (κ2) is 8.34. The molecule has 2 aromatic rings. The maximum Gasteiger partial charge on any atom is 0.228 e. The third kappa shape index (κ3) is 4.83. The van der Waals surface area contributed by atoms with Crippen LogP contribution in [0, 0.1) is 0 Å². The number of benzene rings is 2. The van der Waals surface area contributed by atoms with Gasteiger partial charge in [-0.1, -0.05) is 31.2 Å². The first-order valence-corrected chi connectivity index (χ1v) is 7.90. The van der Waals surface area contributed by atoms with Gasteiger partial charge in [-0.3, -0.25) is 4.79 Å². The number of anilines is 1. The summed E-state index contributed by atoms with van der Waals surface area (Å²) in [5.41, 5.74) is 3.56. The lowest BCUT2D eigenvalue weighted by Crippen LogP contribution is -2.14. The van der Waals surface area contributed by atoms with E-state index in [4.69, 9.17) is 4.74 Å². The number of hydrogen-bond acceptors (Lipinski definition) is 3. The molecule has 4 heteroatoms. The molecule has 0 unspecified atom stereocenters. The van der Waals surface area contributed by atoms with Gasteiger partial charge >= 0.3 is 0 Å². The maximum atomic E-state index is 12.1. The first kappa shape index (κ1) is 17.0. The standard InChI is InChI=1S/C19H23NO3/c1-3-14-5-7-15(8-6-14)11-19(22)20-17-9-10-18(23-4-2)16(12-17)13-21/h5-10,12,21H,3-4,11,13H2,1-2H3,(H,20,22). The van der Waals surface area contributed by atoms with Gasteiger partial charge in [0.1, 0.15) is 5.75 Å². The zero-order valence-corrected chi connectivity index (χ0v) is 13.6. The fourth-order valence-electron chi connectivity index (χ4n) is 2.36. The van der Waals surface area contributed by atoms with Crippen molar-refractivity contribution in [2.24, 2.45) is 0 Å². The first-order valence-electron chi connectivity index (χ1n) is 7.90. The minimum Gasteiger partial charge on any atom is -0.494 e. The minimum absolute atomic E-state index is 0.0812. The van der Waals surface area contributed by atoms with E-state index in [-0.39, 0.29) is 12.5 Å². The highest BCUT2D eigenvalue weighted by atomic mass is 16.5. The molecule has 2 aromatic carbocycles. The number of aryl methyl sites for hydroxylation is 1. The summed E-state index contributed by atoms with van der Waals surface area (Å²) < 4.78 is 5.43. The molecule has 0 fully saturated rings. The van der Waals surface area contributed by atoms with Crippen LogP contribution in [0.25, 0.3) is 0 Å². The second-order valence-corrected chi connectivity index (χ2v) is 5.31. The van der Waals surface area contributed by atoms with E-state index in [9.17, 15) is 9.90 Å². The van der Waals surface area contributed by atoms with Gasteiger partial charge in [-0.15, -0.1) is 0 Å². The van der Waals surface area contributed by atoms with Gasteiger partial charge in [0.2, 0.25) is 5.91 Å². The Labute approximate surface area is 137 Å². The molecule has 2 N–H and O–H groups in total. The predicted octanol–water partition coefficient (Wildman–Crippen LogP) is 3.32. The summed E-state index contributed by atoms with van der Waals surface area (Å²) in [6.45, 7) is 4.40. The molecule has 0 aliphatic heterocycles. The van der Waals surface area contributed by atoms with E-state index in [2.05, 4.69) is 12.2 Å². The average Bonchev–Trinajstić information content (AvgIpc) is 2.57. The van der Waals surface area contributed by atoms with E-state index in [0.717, 1.165) is 12.0 Å². The SMILES string of the molecule is CCOc1ccc(NC(=O)Cc2ccc(CC)cc2)cc1CO. The molecule has 0 aliphatic rings. The maximum absolute atomic E-state index is 12.1. The minimum atomic E-state index is -0.127. The van der Waals surface area contributed by atoms with Crippen LogP contribution in [-0.2, 0) is 24.2 Å². The number of aliphatic hydroxyl groups excluding tert-OH is 1. The molecule has 23 heavy (non-hydrogen) atoms. The Balaban J connectivity index is 2.01. The van der Waals surface area contributed by atoms with E-state index in [1.807, 2.05) is 31.2 Å². The Morgan fingerprint density at radius 1 is 1.09 bits per heavy atom. The Hall–Kier alpha value is -2.33. The Morgan fingerprint density at radius 2 is 1.78 bits per heavy atom. The molecule has 1 amide bonds. The summed E-state index contributed by atoms with van der Waals surface area (Å²) in [6.07, 6.45) is 1.31. The van der Waals surface area contributed by atoms with Gasteiger partial charge in [0, 0.05) is 11.3 Å². The molecular weight excluding hydrogens is 290 g/mol. The monoisotopic (exact) mass is 313 g/mol. The highest BCUT2D eigenvalue weighted by Gasteiger charge is 2.08. The fourth-order valence-corrected chi connectivity index (χ4v) is 2.36. The lowest BCUT2D eigenvalue weighted by Gasteiger charge is -2.11. The number of carbonyl (C=O) groups excluding carboxylic acids is 1. The van der Waals surface area contributed by atoms with Crippen molar-refractivity contribution in [2.45, 2.75) is 33.3 Å². The normalized spacial score (nSPS) is 10.4. The molecule has 0 spiro atoms. The zero-order valence-electron chi connectivity index (χ0n) is 13.6. The Kier molecular flexibility index (Phi) is 6.18. The van der Waals surface area contributed by atoms with E-state index < -0.39 is 0 Å². The molecule has 2 rings (SSSR count). The van der Waals surface area contributed by atoms with Gasteiger partial charge in [-0.25, -0.2) is 0 Å². The molecule has 0 heterocycles. The Bertz CT molecular complexity index is 650. The topological polar surface area (TPSA) is 58.6 Å². The van der Waals surface area contributed by atoms with Crippen molar-refractivity contribution in [3.63, 3.8) is 0 Å². The number of hydrogen-bond donors (Lipinski definition) is 2. The molecule has 0 aromatic heterocycles. The summed E-state index contributed by atoms with van der Waals surface area (Å²) in [5.74, 6) is 0.561. The van der Waals surface area contributed by atoms with Gasteiger partial charge in [0.25, 0.3) is 0 Å². The smallest absolute Gasteiger partial charge is 0.228 e. The summed E-state index contributed by atoms with van der Waals surface area (Å²) in [6, 6.07) is 13.3. The van der Waals surface area contributed by atoms with Crippen molar-refractivity contribution >= 4 is 11.6 Å². The van der Waals surface area contributed by atoms with Crippen LogP contribution in [0.1, 0.15) is 30.5 Å². The Morgan fingerprint density at radius 3 is 2.39 bits per heavy atom. The first-order chi connectivity index (χ1) is 11.2. The van der Waals surface area contributed by atoms with Crippen molar-refractivity contribution in [2.75, 3.05) is 11.9 Å². The zero-order chi connectivity index (χ0) is 16.7. The molecular formula is C19H23NO3. The predicted molar refractivity (Wildman–Crippen MR) is 91.7 cm³/mol.